The van der Waals surface area contributed by atoms with E-state index in [9.17, 15) is 14.0 Å². The third-order valence-electron chi connectivity index (χ3n) is 2.84. The molecule has 0 aliphatic heterocycles. The zero-order valence-corrected chi connectivity index (χ0v) is 10.3. The molecule has 1 aliphatic rings. The van der Waals surface area contributed by atoms with Gasteiger partial charge in [-0.15, -0.1) is 0 Å². The van der Waals surface area contributed by atoms with Gasteiger partial charge in [0.05, 0.1) is 12.1 Å². The quantitative estimate of drug-likeness (QED) is 0.714. The lowest BCUT2D eigenvalue weighted by Gasteiger charge is -2.07. The molecule has 0 saturated heterocycles. The Kier molecular flexibility index (Phi) is 4.11. The van der Waals surface area contributed by atoms with Crippen LogP contribution < -0.4 is 10.6 Å². The first-order valence-electron chi connectivity index (χ1n) is 6.08. The Labute approximate surface area is 109 Å². The summed E-state index contributed by atoms with van der Waals surface area (Å²) in [6, 6.07) is 3.89. The molecule has 0 heterocycles. The molecule has 0 bridgehead atoms. The van der Waals surface area contributed by atoms with Crippen molar-refractivity contribution in [2.45, 2.75) is 25.4 Å². The van der Waals surface area contributed by atoms with E-state index in [-0.39, 0.29) is 30.1 Å². The van der Waals surface area contributed by atoms with E-state index in [4.69, 9.17) is 5.11 Å². The highest BCUT2D eigenvalue weighted by atomic mass is 19.1. The van der Waals surface area contributed by atoms with E-state index in [0.29, 0.717) is 6.04 Å². The highest BCUT2D eigenvalue weighted by Crippen LogP contribution is 2.18. The summed E-state index contributed by atoms with van der Waals surface area (Å²) in [5, 5.41) is 14.4. The van der Waals surface area contributed by atoms with Crippen molar-refractivity contribution in [3.05, 3.63) is 35.1 Å². The normalized spacial score (nSPS) is 14.2. The van der Waals surface area contributed by atoms with Gasteiger partial charge in [-0.2, -0.15) is 0 Å². The number of aromatic carboxylic acids is 1. The Morgan fingerprint density at radius 2 is 2.11 bits per heavy atom. The summed E-state index contributed by atoms with van der Waals surface area (Å²) in [6.45, 7) is 0.207. The van der Waals surface area contributed by atoms with Gasteiger partial charge in [-0.1, -0.05) is 0 Å². The lowest BCUT2D eigenvalue weighted by molar-refractivity contribution is -0.120. The van der Waals surface area contributed by atoms with E-state index < -0.39 is 11.8 Å². The van der Waals surface area contributed by atoms with Crippen molar-refractivity contribution in [1.29, 1.82) is 0 Å². The first-order valence-corrected chi connectivity index (χ1v) is 6.08. The Bertz CT molecular complexity index is 501. The number of nitrogens with one attached hydrogen (secondary N) is 2. The second-order valence-corrected chi connectivity index (χ2v) is 4.56. The Morgan fingerprint density at radius 1 is 1.37 bits per heavy atom. The number of halogens is 1. The maximum Gasteiger partial charge on any atom is 0.335 e. The number of benzene rings is 1. The minimum atomic E-state index is -1.10. The van der Waals surface area contributed by atoms with Crippen LogP contribution in [0.4, 0.5) is 4.39 Å². The van der Waals surface area contributed by atoms with E-state index >= 15 is 0 Å². The topological polar surface area (TPSA) is 78.4 Å². The van der Waals surface area contributed by atoms with E-state index in [1.807, 2.05) is 0 Å². The van der Waals surface area contributed by atoms with Crippen LogP contribution in [-0.4, -0.2) is 29.6 Å². The predicted octanol–water partition coefficient (Wildman–Crippen LogP) is 0.892. The fourth-order valence-corrected chi connectivity index (χ4v) is 1.66. The molecule has 102 valence electrons. The minimum absolute atomic E-state index is 0.0284. The molecule has 1 aromatic carbocycles. The highest BCUT2D eigenvalue weighted by Gasteiger charge is 2.22. The molecule has 0 atom stereocenters. The molecular weight excluding hydrogens is 251 g/mol. The van der Waals surface area contributed by atoms with Gasteiger partial charge in [0.25, 0.3) is 0 Å². The van der Waals surface area contributed by atoms with Crippen LogP contribution in [0, 0.1) is 5.82 Å². The number of carboxylic acids is 1. The van der Waals surface area contributed by atoms with Crippen molar-refractivity contribution in [2.75, 3.05) is 6.54 Å². The van der Waals surface area contributed by atoms with Gasteiger partial charge in [0.15, 0.2) is 0 Å². The molecule has 19 heavy (non-hydrogen) atoms. The SMILES string of the molecule is O=C(CNCc1cc(C(=O)O)ccc1F)NC1CC1. The summed E-state index contributed by atoms with van der Waals surface area (Å²) in [6.07, 6.45) is 2.03. The molecule has 1 fully saturated rings. The van der Waals surface area contributed by atoms with Crippen molar-refractivity contribution in [3.63, 3.8) is 0 Å². The Morgan fingerprint density at radius 3 is 2.74 bits per heavy atom. The summed E-state index contributed by atoms with van der Waals surface area (Å²) in [5.74, 6) is -1.72. The van der Waals surface area contributed by atoms with Crippen LogP contribution >= 0.6 is 0 Å². The molecule has 0 unspecified atom stereocenters. The van der Waals surface area contributed by atoms with Gasteiger partial charge >= 0.3 is 5.97 Å². The zero-order chi connectivity index (χ0) is 13.8. The molecule has 3 N–H and O–H groups in total. The lowest BCUT2D eigenvalue weighted by atomic mass is 10.1. The number of hydrogen-bond donors (Lipinski definition) is 3. The van der Waals surface area contributed by atoms with Crippen molar-refractivity contribution in [3.8, 4) is 0 Å². The maximum atomic E-state index is 13.4. The first kappa shape index (κ1) is 13.5. The van der Waals surface area contributed by atoms with Gasteiger partial charge in [0.1, 0.15) is 5.82 Å². The van der Waals surface area contributed by atoms with Gasteiger partial charge in [-0.25, -0.2) is 9.18 Å². The second kappa shape index (κ2) is 5.79. The van der Waals surface area contributed by atoms with Crippen LogP contribution in [0.1, 0.15) is 28.8 Å². The number of rotatable bonds is 6. The van der Waals surface area contributed by atoms with Gasteiger partial charge in [-0.3, -0.25) is 4.79 Å². The van der Waals surface area contributed by atoms with Crippen molar-refractivity contribution in [2.24, 2.45) is 0 Å². The fraction of sp³-hybridized carbons (Fsp3) is 0.385. The molecule has 5 nitrogen and oxygen atoms in total. The molecule has 0 spiro atoms. The summed E-state index contributed by atoms with van der Waals surface area (Å²) >= 11 is 0. The first-order chi connectivity index (χ1) is 9.06. The van der Waals surface area contributed by atoms with Gasteiger partial charge in [0, 0.05) is 18.2 Å². The van der Waals surface area contributed by atoms with E-state index in [0.717, 1.165) is 18.9 Å². The molecule has 1 saturated carbocycles. The van der Waals surface area contributed by atoms with Crippen molar-refractivity contribution < 1.29 is 19.1 Å². The van der Waals surface area contributed by atoms with Gasteiger partial charge in [-0.05, 0) is 31.0 Å². The van der Waals surface area contributed by atoms with E-state index in [1.54, 1.807) is 0 Å². The minimum Gasteiger partial charge on any atom is -0.478 e. The molecule has 0 aromatic heterocycles. The molecule has 1 amide bonds. The maximum absolute atomic E-state index is 13.4. The zero-order valence-electron chi connectivity index (χ0n) is 10.3. The largest absolute Gasteiger partial charge is 0.478 e. The summed E-state index contributed by atoms with van der Waals surface area (Å²) < 4.78 is 13.4. The summed E-state index contributed by atoms with van der Waals surface area (Å²) in [7, 11) is 0. The van der Waals surface area contributed by atoms with Crippen LogP contribution in [0.3, 0.4) is 0 Å². The molecule has 1 aromatic rings. The van der Waals surface area contributed by atoms with Crippen LogP contribution in [0.2, 0.25) is 0 Å². The Balaban J connectivity index is 1.85. The molecule has 1 aliphatic carbocycles. The van der Waals surface area contributed by atoms with Crippen molar-refractivity contribution in [1.82, 2.24) is 10.6 Å². The van der Waals surface area contributed by atoms with Crippen molar-refractivity contribution >= 4 is 11.9 Å². The summed E-state index contributed by atoms with van der Waals surface area (Å²) in [5.41, 5.74) is 0.264. The molecule has 2 rings (SSSR count). The number of amides is 1. The molecule has 0 radical (unpaired) electrons. The number of carbonyl (C=O) groups excluding carboxylic acids is 1. The standard InChI is InChI=1S/C13H15FN2O3/c14-11-4-1-8(13(18)19)5-9(11)6-15-7-12(17)16-10-2-3-10/h1,4-5,10,15H,2-3,6-7H2,(H,16,17)(H,18,19). The highest BCUT2D eigenvalue weighted by molar-refractivity contribution is 5.87. The van der Waals surface area contributed by atoms with Gasteiger partial charge in [0.2, 0.25) is 5.91 Å². The number of hydrogen-bond acceptors (Lipinski definition) is 3. The van der Waals surface area contributed by atoms with Crippen LogP contribution in [0.5, 0.6) is 0 Å². The number of carbonyl (C=O) groups is 2. The van der Waals surface area contributed by atoms with Crippen LogP contribution in [0.25, 0.3) is 0 Å². The third-order valence-corrected chi connectivity index (χ3v) is 2.84. The number of carboxylic acid groups (broad SMARTS) is 1. The second-order valence-electron chi connectivity index (χ2n) is 4.56. The van der Waals surface area contributed by atoms with E-state index in [2.05, 4.69) is 10.6 Å². The molecular formula is C13H15FN2O3. The summed E-state index contributed by atoms with van der Waals surface area (Å²) in [4.78, 5) is 22.2. The van der Waals surface area contributed by atoms with Crippen LogP contribution in [-0.2, 0) is 11.3 Å². The molecule has 6 heteroatoms. The van der Waals surface area contributed by atoms with Crippen LogP contribution in [0.15, 0.2) is 18.2 Å². The lowest BCUT2D eigenvalue weighted by Crippen LogP contribution is -2.34. The average molecular weight is 266 g/mol. The third kappa shape index (κ3) is 4.03. The van der Waals surface area contributed by atoms with Gasteiger partial charge < -0.3 is 15.7 Å². The Hall–Kier alpha value is -1.95. The fourth-order valence-electron chi connectivity index (χ4n) is 1.66. The smallest absolute Gasteiger partial charge is 0.335 e. The predicted molar refractivity (Wildman–Crippen MR) is 66.2 cm³/mol. The average Bonchev–Trinajstić information content (AvgIpc) is 3.15. The van der Waals surface area contributed by atoms with E-state index in [1.165, 1.54) is 12.1 Å². The monoisotopic (exact) mass is 266 g/mol.